The predicted octanol–water partition coefficient (Wildman–Crippen LogP) is 0.732. The molecule has 0 aliphatic carbocycles. The van der Waals surface area contributed by atoms with Gasteiger partial charge in [0.25, 0.3) is 5.91 Å². The lowest BCUT2D eigenvalue weighted by Gasteiger charge is -2.34. The van der Waals surface area contributed by atoms with E-state index in [2.05, 4.69) is 5.32 Å². The standard InChI is InChI=1S/C17H20FN3O3S/c18-13-4-2-1-3-12(13)16(23)21-8-6-20(7-9-21)11-15(22)19-14-5-10-25-17(14)24/h1-4,14H,5-11H2,(H,19,22). The van der Waals surface area contributed by atoms with E-state index in [1.54, 1.807) is 17.0 Å². The first-order valence-corrected chi connectivity index (χ1v) is 9.25. The van der Waals surface area contributed by atoms with Crippen molar-refractivity contribution in [2.75, 3.05) is 38.5 Å². The number of halogens is 1. The number of rotatable bonds is 4. The Hall–Kier alpha value is -1.93. The summed E-state index contributed by atoms with van der Waals surface area (Å²) < 4.78 is 13.7. The quantitative estimate of drug-likeness (QED) is 0.852. The number of nitrogens with zero attached hydrogens (tertiary/aromatic N) is 2. The highest BCUT2D eigenvalue weighted by Gasteiger charge is 2.28. The van der Waals surface area contributed by atoms with Crippen molar-refractivity contribution in [2.24, 2.45) is 0 Å². The van der Waals surface area contributed by atoms with Gasteiger partial charge in [-0.2, -0.15) is 0 Å². The number of piperazine rings is 1. The molecule has 1 unspecified atom stereocenters. The summed E-state index contributed by atoms with van der Waals surface area (Å²) in [6, 6.07) is 5.57. The van der Waals surface area contributed by atoms with Gasteiger partial charge in [0, 0.05) is 31.9 Å². The number of carbonyl (C=O) groups excluding carboxylic acids is 3. The highest BCUT2D eigenvalue weighted by atomic mass is 32.2. The molecule has 0 bridgehead atoms. The average Bonchev–Trinajstić information content (AvgIpc) is 3.00. The summed E-state index contributed by atoms with van der Waals surface area (Å²) in [6.45, 7) is 2.18. The third-order valence-corrected chi connectivity index (χ3v) is 5.41. The first-order valence-electron chi connectivity index (χ1n) is 8.27. The maximum atomic E-state index is 13.7. The molecule has 2 heterocycles. The molecule has 134 valence electrons. The molecule has 8 heteroatoms. The third-order valence-electron chi connectivity index (χ3n) is 4.40. The number of benzene rings is 1. The third kappa shape index (κ3) is 4.38. The Morgan fingerprint density at radius 1 is 1.20 bits per heavy atom. The zero-order valence-corrected chi connectivity index (χ0v) is 14.6. The molecule has 2 aliphatic heterocycles. The van der Waals surface area contributed by atoms with Crippen molar-refractivity contribution in [2.45, 2.75) is 12.5 Å². The molecule has 0 saturated carbocycles. The van der Waals surface area contributed by atoms with Crippen LogP contribution < -0.4 is 5.32 Å². The summed E-state index contributed by atoms with van der Waals surface area (Å²) in [5, 5.41) is 2.78. The van der Waals surface area contributed by atoms with Gasteiger partial charge in [-0.3, -0.25) is 19.3 Å². The largest absolute Gasteiger partial charge is 0.344 e. The number of carbonyl (C=O) groups is 3. The topological polar surface area (TPSA) is 69.7 Å². The number of thioether (sulfide) groups is 1. The molecule has 2 aliphatic rings. The first-order chi connectivity index (χ1) is 12.0. The molecule has 1 aromatic carbocycles. The van der Waals surface area contributed by atoms with E-state index >= 15 is 0 Å². The lowest BCUT2D eigenvalue weighted by molar-refractivity contribution is -0.125. The van der Waals surface area contributed by atoms with Gasteiger partial charge in [0.05, 0.1) is 18.2 Å². The summed E-state index contributed by atoms with van der Waals surface area (Å²) in [5.74, 6) is -0.264. The summed E-state index contributed by atoms with van der Waals surface area (Å²) in [7, 11) is 0. The fourth-order valence-electron chi connectivity index (χ4n) is 2.98. The van der Waals surface area contributed by atoms with Crippen LogP contribution in [0.1, 0.15) is 16.8 Å². The number of nitrogens with one attached hydrogen (secondary N) is 1. The van der Waals surface area contributed by atoms with Gasteiger partial charge in [-0.1, -0.05) is 23.9 Å². The van der Waals surface area contributed by atoms with Crippen molar-refractivity contribution in [1.82, 2.24) is 15.1 Å². The fourth-order valence-corrected chi connectivity index (χ4v) is 3.92. The van der Waals surface area contributed by atoms with Gasteiger partial charge in [0.2, 0.25) is 11.0 Å². The van der Waals surface area contributed by atoms with Crippen molar-refractivity contribution in [3.63, 3.8) is 0 Å². The number of hydrogen-bond acceptors (Lipinski definition) is 5. The maximum Gasteiger partial charge on any atom is 0.256 e. The van der Waals surface area contributed by atoms with E-state index in [1.165, 1.54) is 23.9 Å². The highest BCUT2D eigenvalue weighted by Crippen LogP contribution is 2.19. The Morgan fingerprint density at radius 3 is 2.56 bits per heavy atom. The van der Waals surface area contributed by atoms with Crippen LogP contribution in [0.2, 0.25) is 0 Å². The van der Waals surface area contributed by atoms with E-state index in [9.17, 15) is 18.8 Å². The molecule has 25 heavy (non-hydrogen) atoms. The van der Waals surface area contributed by atoms with Crippen LogP contribution in [-0.2, 0) is 9.59 Å². The van der Waals surface area contributed by atoms with Crippen LogP contribution in [0.25, 0.3) is 0 Å². The molecular formula is C17H20FN3O3S. The van der Waals surface area contributed by atoms with Gasteiger partial charge < -0.3 is 10.2 Å². The highest BCUT2D eigenvalue weighted by molar-refractivity contribution is 8.14. The van der Waals surface area contributed by atoms with E-state index in [1.807, 2.05) is 4.90 Å². The summed E-state index contributed by atoms with van der Waals surface area (Å²) in [6.07, 6.45) is 0.681. The van der Waals surface area contributed by atoms with Crippen LogP contribution in [-0.4, -0.2) is 71.2 Å². The van der Waals surface area contributed by atoms with E-state index in [-0.39, 0.29) is 35.1 Å². The molecule has 0 spiro atoms. The van der Waals surface area contributed by atoms with Crippen LogP contribution in [0, 0.1) is 5.82 Å². The van der Waals surface area contributed by atoms with Crippen LogP contribution in [0.5, 0.6) is 0 Å². The second-order valence-electron chi connectivity index (χ2n) is 6.12. The van der Waals surface area contributed by atoms with Crippen molar-refractivity contribution >= 4 is 28.7 Å². The number of amides is 2. The molecule has 1 N–H and O–H groups in total. The van der Waals surface area contributed by atoms with Gasteiger partial charge in [-0.05, 0) is 18.6 Å². The smallest absolute Gasteiger partial charge is 0.256 e. The van der Waals surface area contributed by atoms with Crippen molar-refractivity contribution < 1.29 is 18.8 Å². The van der Waals surface area contributed by atoms with E-state index in [4.69, 9.17) is 0 Å². The van der Waals surface area contributed by atoms with Crippen LogP contribution in [0.3, 0.4) is 0 Å². The second-order valence-corrected chi connectivity index (χ2v) is 7.22. The second kappa shape index (κ2) is 7.97. The monoisotopic (exact) mass is 365 g/mol. The van der Waals surface area contributed by atoms with E-state index in [0.717, 1.165) is 5.75 Å². The Kier molecular flexibility index (Phi) is 5.70. The fraction of sp³-hybridized carbons (Fsp3) is 0.471. The Balaban J connectivity index is 1.47. The van der Waals surface area contributed by atoms with Crippen molar-refractivity contribution in [3.8, 4) is 0 Å². The lowest BCUT2D eigenvalue weighted by atomic mass is 10.1. The lowest BCUT2D eigenvalue weighted by Crippen LogP contribution is -2.52. The average molecular weight is 365 g/mol. The van der Waals surface area contributed by atoms with E-state index < -0.39 is 5.82 Å². The first kappa shape index (κ1) is 17.9. The Morgan fingerprint density at radius 2 is 1.92 bits per heavy atom. The summed E-state index contributed by atoms with van der Waals surface area (Å²) in [4.78, 5) is 39.5. The molecule has 3 rings (SSSR count). The molecule has 2 amide bonds. The molecule has 0 radical (unpaired) electrons. The van der Waals surface area contributed by atoms with Gasteiger partial charge in [0.1, 0.15) is 5.82 Å². The zero-order valence-electron chi connectivity index (χ0n) is 13.7. The summed E-state index contributed by atoms with van der Waals surface area (Å²) in [5.41, 5.74) is 0.0749. The van der Waals surface area contributed by atoms with E-state index in [0.29, 0.717) is 32.6 Å². The van der Waals surface area contributed by atoms with Gasteiger partial charge in [-0.25, -0.2) is 4.39 Å². The van der Waals surface area contributed by atoms with Gasteiger partial charge >= 0.3 is 0 Å². The minimum Gasteiger partial charge on any atom is -0.344 e. The zero-order chi connectivity index (χ0) is 17.8. The number of hydrogen-bond donors (Lipinski definition) is 1. The SMILES string of the molecule is O=C(CN1CCN(C(=O)c2ccccc2F)CC1)NC1CCSC1=O. The molecule has 1 atom stereocenters. The predicted molar refractivity (Wildman–Crippen MR) is 92.8 cm³/mol. The minimum absolute atomic E-state index is 0.0219. The molecule has 2 saturated heterocycles. The van der Waals surface area contributed by atoms with Crippen molar-refractivity contribution in [1.29, 1.82) is 0 Å². The van der Waals surface area contributed by atoms with Gasteiger partial charge in [0.15, 0.2) is 0 Å². The van der Waals surface area contributed by atoms with Crippen LogP contribution >= 0.6 is 11.8 Å². The molecule has 1 aromatic rings. The molecule has 2 fully saturated rings. The summed E-state index contributed by atoms with van der Waals surface area (Å²) >= 11 is 1.25. The van der Waals surface area contributed by atoms with Crippen molar-refractivity contribution in [3.05, 3.63) is 35.6 Å². The Labute approximate surface area is 149 Å². The normalized spacial score (nSPS) is 21.4. The molecule has 0 aromatic heterocycles. The van der Waals surface area contributed by atoms with Crippen LogP contribution in [0.4, 0.5) is 4.39 Å². The van der Waals surface area contributed by atoms with Gasteiger partial charge in [-0.15, -0.1) is 0 Å². The Bertz CT molecular complexity index is 677. The van der Waals surface area contributed by atoms with Crippen LogP contribution in [0.15, 0.2) is 24.3 Å². The minimum atomic E-state index is -0.520. The molecular weight excluding hydrogens is 345 g/mol. The maximum absolute atomic E-state index is 13.7. The molecule has 6 nitrogen and oxygen atoms in total.